The third kappa shape index (κ3) is 3.28. The van der Waals surface area contributed by atoms with Crippen LogP contribution in [0.2, 0.25) is 0 Å². The van der Waals surface area contributed by atoms with E-state index in [1.54, 1.807) is 12.3 Å². The van der Waals surface area contributed by atoms with Gasteiger partial charge in [0.1, 0.15) is 10.7 Å². The van der Waals surface area contributed by atoms with E-state index in [0.717, 1.165) is 13.0 Å². The lowest BCUT2D eigenvalue weighted by atomic mass is 10.3. The van der Waals surface area contributed by atoms with Crippen LogP contribution in [0.5, 0.6) is 0 Å². The van der Waals surface area contributed by atoms with Crippen molar-refractivity contribution in [3.8, 4) is 0 Å². The van der Waals surface area contributed by atoms with Crippen LogP contribution in [0.15, 0.2) is 12.3 Å². The Bertz CT molecular complexity index is 496. The van der Waals surface area contributed by atoms with Gasteiger partial charge in [0, 0.05) is 19.3 Å². The number of nitrogens with two attached hydrogens (primary N) is 1. The van der Waals surface area contributed by atoms with E-state index in [9.17, 15) is 4.79 Å². The molecule has 1 aliphatic heterocycles. The summed E-state index contributed by atoms with van der Waals surface area (Å²) in [5.41, 5.74) is 6.09. The van der Waals surface area contributed by atoms with Crippen molar-refractivity contribution >= 4 is 29.2 Å². The maximum absolute atomic E-state index is 11.1. The number of alkyl carbamates (subject to hydrolysis) is 1. The minimum absolute atomic E-state index is 0.0320. The van der Waals surface area contributed by atoms with Gasteiger partial charge < -0.3 is 20.7 Å². The van der Waals surface area contributed by atoms with Crippen LogP contribution in [0.3, 0.4) is 0 Å². The molecule has 102 valence electrons. The van der Waals surface area contributed by atoms with Gasteiger partial charge in [-0.3, -0.25) is 0 Å². The van der Waals surface area contributed by atoms with Gasteiger partial charge >= 0.3 is 6.09 Å². The van der Waals surface area contributed by atoms with Crippen molar-refractivity contribution in [2.75, 3.05) is 25.1 Å². The molecule has 1 aromatic heterocycles. The molecule has 1 aliphatic rings. The average molecular weight is 281 g/mol. The summed E-state index contributed by atoms with van der Waals surface area (Å²) >= 11 is 4.89. The van der Waals surface area contributed by atoms with Crippen LogP contribution in [0.25, 0.3) is 0 Å². The fourth-order valence-corrected chi connectivity index (χ4v) is 2.04. The Morgan fingerprint density at radius 3 is 3.16 bits per heavy atom. The lowest BCUT2D eigenvalue weighted by Gasteiger charge is -2.16. The molecule has 1 amide bonds. The van der Waals surface area contributed by atoms with E-state index in [-0.39, 0.29) is 11.0 Å². The largest absolute Gasteiger partial charge is 0.453 e. The Balaban J connectivity index is 2.02. The summed E-state index contributed by atoms with van der Waals surface area (Å²) in [6.07, 6.45) is 2.01. The molecule has 19 heavy (non-hydrogen) atoms. The number of carbonyl (C=O) groups is 1. The Kier molecular flexibility index (Phi) is 4.10. The normalized spacial score (nSPS) is 18.2. The van der Waals surface area contributed by atoms with Gasteiger partial charge in [-0.15, -0.1) is 0 Å². The van der Waals surface area contributed by atoms with Gasteiger partial charge in [0.25, 0.3) is 0 Å². The molecule has 0 aliphatic carbocycles. The Labute approximate surface area is 116 Å². The summed E-state index contributed by atoms with van der Waals surface area (Å²) in [6.45, 7) is 1.39. The second-order valence-electron chi connectivity index (χ2n) is 4.17. The molecule has 2 heterocycles. The van der Waals surface area contributed by atoms with E-state index in [1.807, 2.05) is 4.90 Å². The number of rotatable bonds is 3. The van der Waals surface area contributed by atoms with E-state index in [2.05, 4.69) is 20.0 Å². The van der Waals surface area contributed by atoms with E-state index in [1.165, 1.54) is 7.11 Å². The van der Waals surface area contributed by atoms with Gasteiger partial charge in [0.2, 0.25) is 5.95 Å². The molecular weight excluding hydrogens is 266 g/mol. The zero-order chi connectivity index (χ0) is 13.8. The smallest absolute Gasteiger partial charge is 0.407 e. The van der Waals surface area contributed by atoms with Crippen LogP contribution in [0, 0.1) is 0 Å². The molecule has 1 atom stereocenters. The van der Waals surface area contributed by atoms with Gasteiger partial charge in [-0.25, -0.2) is 14.8 Å². The molecule has 1 fully saturated rings. The minimum Gasteiger partial charge on any atom is -0.453 e. The highest BCUT2D eigenvalue weighted by molar-refractivity contribution is 7.80. The SMILES string of the molecule is COC(=O)NC1CCN(c2nccc(C(N)=S)n2)C1. The second-order valence-corrected chi connectivity index (χ2v) is 4.61. The first kappa shape index (κ1) is 13.5. The standard InChI is InChI=1S/C11H15N5O2S/c1-18-11(17)14-7-3-5-16(6-7)10-13-4-2-8(15-10)9(12)19/h2,4,7H,3,5-6H2,1H3,(H2,12,19)(H,14,17). The topological polar surface area (TPSA) is 93.4 Å². The maximum atomic E-state index is 11.1. The number of anilines is 1. The fraction of sp³-hybridized carbons (Fsp3) is 0.455. The number of ether oxygens (including phenoxy) is 1. The summed E-state index contributed by atoms with van der Waals surface area (Å²) < 4.78 is 4.57. The predicted octanol–water partition coefficient (Wildman–Crippen LogP) is 0.0455. The third-order valence-electron chi connectivity index (χ3n) is 2.87. The van der Waals surface area contributed by atoms with Crippen LogP contribution >= 0.6 is 12.2 Å². The van der Waals surface area contributed by atoms with Gasteiger partial charge in [-0.2, -0.15) is 0 Å². The highest BCUT2D eigenvalue weighted by Gasteiger charge is 2.26. The summed E-state index contributed by atoms with van der Waals surface area (Å²) in [4.78, 5) is 21.8. The predicted molar refractivity (Wildman–Crippen MR) is 74.1 cm³/mol. The Hall–Kier alpha value is -1.96. The molecule has 8 heteroatoms. The van der Waals surface area contributed by atoms with E-state index in [0.29, 0.717) is 18.2 Å². The number of nitrogens with zero attached hydrogens (tertiary/aromatic N) is 3. The number of nitrogens with one attached hydrogen (secondary N) is 1. The fourth-order valence-electron chi connectivity index (χ4n) is 1.92. The molecule has 0 saturated carbocycles. The van der Waals surface area contributed by atoms with Crippen molar-refractivity contribution in [3.63, 3.8) is 0 Å². The van der Waals surface area contributed by atoms with E-state index in [4.69, 9.17) is 18.0 Å². The number of methoxy groups -OCH3 is 1. The Morgan fingerprint density at radius 1 is 1.68 bits per heavy atom. The summed E-state index contributed by atoms with van der Waals surface area (Å²) in [7, 11) is 1.34. The molecule has 1 saturated heterocycles. The molecule has 0 radical (unpaired) electrons. The summed E-state index contributed by atoms with van der Waals surface area (Å²) in [5, 5.41) is 2.76. The van der Waals surface area contributed by atoms with E-state index >= 15 is 0 Å². The maximum Gasteiger partial charge on any atom is 0.407 e. The van der Waals surface area contributed by atoms with Crippen molar-refractivity contribution in [1.29, 1.82) is 0 Å². The number of amides is 1. The van der Waals surface area contributed by atoms with Gasteiger partial charge in [0.05, 0.1) is 13.2 Å². The first-order valence-corrected chi connectivity index (χ1v) is 6.23. The number of carbonyl (C=O) groups excluding carboxylic acids is 1. The summed E-state index contributed by atoms with van der Waals surface area (Å²) in [6, 6.07) is 1.70. The second kappa shape index (κ2) is 5.79. The van der Waals surface area contributed by atoms with Crippen molar-refractivity contribution in [1.82, 2.24) is 15.3 Å². The van der Waals surface area contributed by atoms with Crippen LogP contribution in [-0.2, 0) is 4.74 Å². The van der Waals surface area contributed by atoms with Gasteiger partial charge in [-0.1, -0.05) is 12.2 Å². The number of thiocarbonyl (C=S) groups is 1. The number of hydrogen-bond acceptors (Lipinski definition) is 6. The van der Waals surface area contributed by atoms with Gasteiger partial charge in [-0.05, 0) is 12.5 Å². The number of aromatic nitrogens is 2. The lowest BCUT2D eigenvalue weighted by Crippen LogP contribution is -2.37. The molecule has 1 aromatic rings. The average Bonchev–Trinajstić information content (AvgIpc) is 2.87. The zero-order valence-corrected chi connectivity index (χ0v) is 11.3. The minimum atomic E-state index is -0.426. The van der Waals surface area contributed by atoms with Crippen LogP contribution in [0.4, 0.5) is 10.7 Å². The van der Waals surface area contributed by atoms with Crippen molar-refractivity contribution in [2.45, 2.75) is 12.5 Å². The quantitative estimate of drug-likeness (QED) is 0.756. The van der Waals surface area contributed by atoms with Crippen LogP contribution in [-0.4, -0.2) is 47.3 Å². The lowest BCUT2D eigenvalue weighted by molar-refractivity contribution is 0.167. The highest BCUT2D eigenvalue weighted by Crippen LogP contribution is 2.16. The molecule has 3 N–H and O–H groups in total. The molecule has 0 spiro atoms. The van der Waals surface area contributed by atoms with Crippen molar-refractivity contribution in [2.24, 2.45) is 5.73 Å². The van der Waals surface area contributed by atoms with Crippen LogP contribution < -0.4 is 16.0 Å². The van der Waals surface area contributed by atoms with Crippen LogP contribution in [0.1, 0.15) is 12.1 Å². The molecule has 7 nitrogen and oxygen atoms in total. The molecule has 2 rings (SSSR count). The molecule has 0 aromatic carbocycles. The molecule has 1 unspecified atom stereocenters. The highest BCUT2D eigenvalue weighted by atomic mass is 32.1. The van der Waals surface area contributed by atoms with Crippen molar-refractivity contribution in [3.05, 3.63) is 18.0 Å². The zero-order valence-electron chi connectivity index (χ0n) is 10.5. The monoisotopic (exact) mass is 281 g/mol. The first-order valence-electron chi connectivity index (χ1n) is 5.82. The Morgan fingerprint density at radius 2 is 2.47 bits per heavy atom. The van der Waals surface area contributed by atoms with E-state index < -0.39 is 6.09 Å². The molecular formula is C11H15N5O2S. The first-order chi connectivity index (χ1) is 9.10. The number of hydrogen-bond donors (Lipinski definition) is 2. The molecule has 0 bridgehead atoms. The summed E-state index contributed by atoms with van der Waals surface area (Å²) in [5.74, 6) is 0.569. The van der Waals surface area contributed by atoms with Gasteiger partial charge in [0.15, 0.2) is 0 Å². The van der Waals surface area contributed by atoms with Crippen molar-refractivity contribution < 1.29 is 9.53 Å². The third-order valence-corrected chi connectivity index (χ3v) is 3.08.